The molecule has 4 nitrogen and oxygen atoms in total. The van der Waals surface area contributed by atoms with Gasteiger partial charge in [-0.1, -0.05) is 60.7 Å². The molecule has 0 saturated heterocycles. The number of nitrogens with zero attached hydrogens (tertiary/aromatic N) is 2. The summed E-state index contributed by atoms with van der Waals surface area (Å²) in [5.41, 5.74) is 2.05. The number of fused-ring (bicyclic) bond motifs is 1. The summed E-state index contributed by atoms with van der Waals surface area (Å²) in [5, 5.41) is 1.85. The average Bonchev–Trinajstić information content (AvgIpc) is 3.23. The number of imidazole rings is 1. The van der Waals surface area contributed by atoms with Crippen LogP contribution in [0.3, 0.4) is 0 Å². The summed E-state index contributed by atoms with van der Waals surface area (Å²) in [6.07, 6.45) is 1.77. The van der Waals surface area contributed by atoms with E-state index in [4.69, 9.17) is 0 Å². The first-order valence-electron chi connectivity index (χ1n) is 7.41. The number of carbonyl (C=O) groups excluding carboxylic acids is 2. The molecular formula is C19H12N2O2S. The molecule has 116 valence electrons. The molecule has 0 radical (unpaired) electrons. The highest BCUT2D eigenvalue weighted by Gasteiger charge is 2.27. The topological polar surface area (TPSA) is 51.4 Å². The van der Waals surface area contributed by atoms with Crippen LogP contribution in [0.5, 0.6) is 0 Å². The lowest BCUT2D eigenvalue weighted by molar-refractivity contribution is 0.0814. The second kappa shape index (κ2) is 5.86. The van der Waals surface area contributed by atoms with E-state index in [1.165, 1.54) is 11.3 Å². The van der Waals surface area contributed by atoms with Crippen molar-refractivity contribution < 1.29 is 9.59 Å². The summed E-state index contributed by atoms with van der Waals surface area (Å²) in [6, 6.07) is 18.0. The Morgan fingerprint density at radius 3 is 2.25 bits per heavy atom. The molecule has 0 unspecified atom stereocenters. The Morgan fingerprint density at radius 1 is 0.875 bits per heavy atom. The first-order valence-corrected chi connectivity index (χ1v) is 8.29. The summed E-state index contributed by atoms with van der Waals surface area (Å²) in [5.74, 6) is -1.08. The number of hydrogen-bond donors (Lipinski definition) is 0. The lowest BCUT2D eigenvalue weighted by atomic mass is 10.0. The minimum absolute atomic E-state index is 0.311. The van der Waals surface area contributed by atoms with E-state index in [1.807, 2.05) is 41.8 Å². The minimum atomic E-state index is -0.550. The lowest BCUT2D eigenvalue weighted by Gasteiger charge is -2.03. The Kier molecular flexibility index (Phi) is 3.55. The molecule has 5 heteroatoms. The SMILES string of the molecule is O=C(C(=O)c1c(-c2ccccc2)nc2sccn12)c1ccccc1. The molecule has 2 aromatic carbocycles. The quantitative estimate of drug-likeness (QED) is 0.417. The van der Waals surface area contributed by atoms with E-state index in [1.54, 1.807) is 34.9 Å². The number of carbonyl (C=O) groups is 2. The fourth-order valence-electron chi connectivity index (χ4n) is 2.63. The minimum Gasteiger partial charge on any atom is -0.287 e. The van der Waals surface area contributed by atoms with Crippen molar-refractivity contribution in [2.24, 2.45) is 0 Å². The zero-order chi connectivity index (χ0) is 16.5. The normalized spacial score (nSPS) is 10.8. The van der Waals surface area contributed by atoms with E-state index < -0.39 is 11.6 Å². The van der Waals surface area contributed by atoms with Crippen LogP contribution >= 0.6 is 11.3 Å². The number of aromatic nitrogens is 2. The first-order chi connectivity index (χ1) is 11.8. The van der Waals surface area contributed by atoms with E-state index in [0.717, 1.165) is 5.56 Å². The predicted octanol–water partition coefficient (Wildman–Crippen LogP) is 4.13. The van der Waals surface area contributed by atoms with Crippen molar-refractivity contribution in [2.45, 2.75) is 0 Å². The molecule has 2 heterocycles. The Balaban J connectivity index is 1.88. The highest BCUT2D eigenvalue weighted by molar-refractivity contribution is 7.15. The Hall–Kier alpha value is -3.05. The maximum atomic E-state index is 12.9. The Labute approximate surface area is 142 Å². The fourth-order valence-corrected chi connectivity index (χ4v) is 3.34. The monoisotopic (exact) mass is 332 g/mol. The van der Waals surface area contributed by atoms with Gasteiger partial charge in [-0.25, -0.2) is 4.98 Å². The van der Waals surface area contributed by atoms with Gasteiger partial charge in [0.15, 0.2) is 4.96 Å². The summed E-state index contributed by atoms with van der Waals surface area (Å²) < 4.78 is 1.69. The smallest absolute Gasteiger partial charge is 0.252 e. The highest BCUT2D eigenvalue weighted by Crippen LogP contribution is 2.27. The highest BCUT2D eigenvalue weighted by atomic mass is 32.1. The van der Waals surface area contributed by atoms with E-state index in [9.17, 15) is 9.59 Å². The fraction of sp³-hybridized carbons (Fsp3) is 0. The van der Waals surface area contributed by atoms with Crippen LogP contribution in [-0.2, 0) is 0 Å². The van der Waals surface area contributed by atoms with Gasteiger partial charge in [-0.2, -0.15) is 0 Å². The Morgan fingerprint density at radius 2 is 1.54 bits per heavy atom. The maximum Gasteiger partial charge on any atom is 0.252 e. The van der Waals surface area contributed by atoms with Gasteiger partial charge < -0.3 is 0 Å². The van der Waals surface area contributed by atoms with E-state index in [2.05, 4.69) is 4.98 Å². The van der Waals surface area contributed by atoms with Gasteiger partial charge in [-0.05, 0) is 0 Å². The van der Waals surface area contributed by atoms with Gasteiger partial charge >= 0.3 is 0 Å². The molecule has 0 fully saturated rings. The second-order valence-corrected chi connectivity index (χ2v) is 6.13. The summed E-state index contributed by atoms with van der Waals surface area (Å²) >= 11 is 1.43. The van der Waals surface area contributed by atoms with Crippen molar-refractivity contribution in [1.29, 1.82) is 0 Å². The molecule has 24 heavy (non-hydrogen) atoms. The van der Waals surface area contributed by atoms with Gasteiger partial charge in [0.25, 0.3) is 5.78 Å². The molecular weight excluding hydrogens is 320 g/mol. The molecule has 2 aromatic heterocycles. The largest absolute Gasteiger partial charge is 0.287 e. The number of benzene rings is 2. The van der Waals surface area contributed by atoms with E-state index in [0.29, 0.717) is 21.9 Å². The van der Waals surface area contributed by atoms with E-state index in [-0.39, 0.29) is 0 Å². The summed E-state index contributed by atoms with van der Waals surface area (Å²) in [6.45, 7) is 0. The number of thiazole rings is 1. The second-order valence-electron chi connectivity index (χ2n) is 5.25. The molecule has 0 amide bonds. The van der Waals surface area contributed by atoms with Crippen molar-refractivity contribution in [3.05, 3.63) is 83.5 Å². The first kappa shape index (κ1) is 14.5. The molecule has 0 aliphatic carbocycles. The molecule has 0 spiro atoms. The zero-order valence-electron chi connectivity index (χ0n) is 12.5. The van der Waals surface area contributed by atoms with Crippen LogP contribution in [0.2, 0.25) is 0 Å². The van der Waals surface area contributed by atoms with Crippen LogP contribution in [0.15, 0.2) is 72.2 Å². The molecule has 0 aliphatic heterocycles. The average molecular weight is 332 g/mol. The predicted molar refractivity (Wildman–Crippen MR) is 93.6 cm³/mol. The lowest BCUT2D eigenvalue weighted by Crippen LogP contribution is -2.17. The van der Waals surface area contributed by atoms with Crippen LogP contribution in [-0.4, -0.2) is 21.0 Å². The van der Waals surface area contributed by atoms with Gasteiger partial charge in [-0.15, -0.1) is 11.3 Å². The van der Waals surface area contributed by atoms with Gasteiger partial charge in [0, 0.05) is 22.7 Å². The molecule has 0 N–H and O–H groups in total. The van der Waals surface area contributed by atoms with Gasteiger partial charge in [0.05, 0.1) is 0 Å². The molecule has 0 bridgehead atoms. The third-order valence-electron chi connectivity index (χ3n) is 3.77. The third kappa shape index (κ3) is 2.35. The van der Waals surface area contributed by atoms with Crippen molar-refractivity contribution >= 4 is 27.9 Å². The van der Waals surface area contributed by atoms with Gasteiger partial charge in [0.1, 0.15) is 11.4 Å². The number of Topliss-reactive ketones (excluding diaryl/α,β-unsaturated/α-hetero) is 2. The molecule has 4 aromatic rings. The molecule has 4 rings (SSSR count). The van der Waals surface area contributed by atoms with Crippen LogP contribution < -0.4 is 0 Å². The molecule has 0 aliphatic rings. The van der Waals surface area contributed by atoms with Crippen molar-refractivity contribution in [2.75, 3.05) is 0 Å². The number of rotatable bonds is 4. The van der Waals surface area contributed by atoms with Crippen LogP contribution in [0, 0.1) is 0 Å². The summed E-state index contributed by atoms with van der Waals surface area (Å²) in [4.78, 5) is 30.8. The van der Waals surface area contributed by atoms with Gasteiger partial charge in [-0.3, -0.25) is 14.0 Å². The summed E-state index contributed by atoms with van der Waals surface area (Å²) in [7, 11) is 0. The van der Waals surface area contributed by atoms with Gasteiger partial charge in [0.2, 0.25) is 5.78 Å². The van der Waals surface area contributed by atoms with Crippen molar-refractivity contribution in [3.8, 4) is 11.3 Å². The number of ketones is 2. The number of hydrogen-bond acceptors (Lipinski definition) is 4. The van der Waals surface area contributed by atoms with Crippen molar-refractivity contribution in [3.63, 3.8) is 0 Å². The van der Waals surface area contributed by atoms with Crippen LogP contribution in [0.25, 0.3) is 16.2 Å². The third-order valence-corrected chi connectivity index (χ3v) is 4.52. The van der Waals surface area contributed by atoms with Crippen LogP contribution in [0.1, 0.15) is 20.8 Å². The standard InChI is InChI=1S/C19H12N2O2S/c22-17(14-9-5-2-6-10-14)18(23)16-15(13-7-3-1-4-8-13)20-19-21(16)11-12-24-19/h1-12H. The zero-order valence-corrected chi connectivity index (χ0v) is 13.4. The van der Waals surface area contributed by atoms with E-state index >= 15 is 0 Å². The molecule has 0 saturated carbocycles. The Bertz CT molecular complexity index is 1030. The van der Waals surface area contributed by atoms with Crippen LogP contribution in [0.4, 0.5) is 0 Å². The maximum absolute atomic E-state index is 12.9. The molecule has 0 atom stereocenters. The van der Waals surface area contributed by atoms with Crippen molar-refractivity contribution in [1.82, 2.24) is 9.38 Å².